The van der Waals surface area contributed by atoms with Crippen molar-refractivity contribution in [3.8, 4) is 11.3 Å². The number of amides is 2. The molecular weight excluding hydrogens is 472 g/mol. The number of benzene rings is 2. The standard InChI is InChI=1S/C24H27BrN4O3/c1-15(13-27-24(31)32-2)12-22(30)29-11-5-8-21(29)23-26-14-20(28-23)18-9-10-19(25)17-7-4-3-6-16(17)18/h3-4,6-7,9-10,14-15,21H,5,8,11-13H2,1-2H3,(H,26,28)(H,27,31). The van der Waals surface area contributed by atoms with Crippen molar-refractivity contribution in [3.63, 3.8) is 0 Å². The molecule has 1 aliphatic heterocycles. The average molecular weight is 499 g/mol. The highest BCUT2D eigenvalue weighted by Gasteiger charge is 2.32. The van der Waals surface area contributed by atoms with Crippen molar-refractivity contribution in [1.82, 2.24) is 20.2 Å². The van der Waals surface area contributed by atoms with E-state index in [1.807, 2.05) is 36.2 Å². The summed E-state index contributed by atoms with van der Waals surface area (Å²) in [4.78, 5) is 34.3. The first kappa shape index (κ1) is 22.3. The number of carbonyl (C=O) groups is 2. The van der Waals surface area contributed by atoms with Gasteiger partial charge in [0.15, 0.2) is 0 Å². The molecule has 168 valence electrons. The van der Waals surface area contributed by atoms with Gasteiger partial charge < -0.3 is 19.9 Å². The molecule has 0 saturated carbocycles. The number of fused-ring (bicyclic) bond motifs is 1. The van der Waals surface area contributed by atoms with E-state index < -0.39 is 6.09 Å². The fourth-order valence-electron chi connectivity index (χ4n) is 4.31. The molecule has 0 bridgehead atoms. The Balaban J connectivity index is 1.50. The van der Waals surface area contributed by atoms with Crippen LogP contribution in [0.25, 0.3) is 22.0 Å². The second-order valence-electron chi connectivity index (χ2n) is 8.25. The molecule has 2 amide bonds. The Kier molecular flexibility index (Phi) is 6.79. The van der Waals surface area contributed by atoms with E-state index in [0.717, 1.165) is 51.7 Å². The van der Waals surface area contributed by atoms with Crippen molar-refractivity contribution < 1.29 is 14.3 Å². The summed E-state index contributed by atoms with van der Waals surface area (Å²) in [6.45, 7) is 3.07. The topological polar surface area (TPSA) is 87.3 Å². The van der Waals surface area contributed by atoms with Crippen LogP contribution in [0, 0.1) is 5.92 Å². The Bertz CT molecular complexity index is 1130. The first-order chi connectivity index (χ1) is 15.5. The highest BCUT2D eigenvalue weighted by Crippen LogP contribution is 2.35. The van der Waals surface area contributed by atoms with Crippen LogP contribution in [0.2, 0.25) is 0 Å². The predicted octanol–water partition coefficient (Wildman–Crippen LogP) is 5.04. The Labute approximate surface area is 195 Å². The molecule has 32 heavy (non-hydrogen) atoms. The van der Waals surface area contributed by atoms with Crippen molar-refractivity contribution in [2.24, 2.45) is 5.92 Å². The molecule has 0 aliphatic carbocycles. The number of nitrogens with one attached hydrogen (secondary N) is 2. The summed E-state index contributed by atoms with van der Waals surface area (Å²) in [6, 6.07) is 12.3. The molecule has 2 aromatic carbocycles. The van der Waals surface area contributed by atoms with Crippen LogP contribution >= 0.6 is 15.9 Å². The summed E-state index contributed by atoms with van der Waals surface area (Å²) in [5, 5.41) is 4.95. The Morgan fingerprint density at radius 1 is 1.28 bits per heavy atom. The van der Waals surface area contributed by atoms with Gasteiger partial charge in [-0.25, -0.2) is 9.78 Å². The van der Waals surface area contributed by atoms with Crippen LogP contribution in [0.3, 0.4) is 0 Å². The quantitative estimate of drug-likeness (QED) is 0.498. The van der Waals surface area contributed by atoms with Crippen molar-refractivity contribution in [2.45, 2.75) is 32.2 Å². The number of hydrogen-bond donors (Lipinski definition) is 2. The van der Waals surface area contributed by atoms with Gasteiger partial charge in [0.05, 0.1) is 25.0 Å². The maximum atomic E-state index is 13.0. The number of methoxy groups -OCH3 is 1. The van der Waals surface area contributed by atoms with Crippen LogP contribution in [0.15, 0.2) is 47.1 Å². The van der Waals surface area contributed by atoms with E-state index in [-0.39, 0.29) is 17.9 Å². The molecule has 8 heteroatoms. The van der Waals surface area contributed by atoms with E-state index in [0.29, 0.717) is 13.0 Å². The van der Waals surface area contributed by atoms with E-state index in [1.165, 1.54) is 7.11 Å². The lowest BCUT2D eigenvalue weighted by Crippen LogP contribution is -2.35. The first-order valence-corrected chi connectivity index (χ1v) is 11.6. The molecule has 7 nitrogen and oxygen atoms in total. The van der Waals surface area contributed by atoms with Gasteiger partial charge in [-0.2, -0.15) is 0 Å². The van der Waals surface area contributed by atoms with Gasteiger partial charge in [0.25, 0.3) is 0 Å². The zero-order valence-electron chi connectivity index (χ0n) is 18.2. The minimum absolute atomic E-state index is 0.0177. The third kappa shape index (κ3) is 4.65. The molecule has 2 N–H and O–H groups in total. The van der Waals surface area contributed by atoms with Gasteiger partial charge >= 0.3 is 6.09 Å². The van der Waals surface area contributed by atoms with Crippen LogP contribution < -0.4 is 5.32 Å². The fraction of sp³-hybridized carbons (Fsp3) is 0.375. The van der Waals surface area contributed by atoms with E-state index in [9.17, 15) is 9.59 Å². The predicted molar refractivity (Wildman–Crippen MR) is 127 cm³/mol. The number of ether oxygens (including phenoxy) is 1. The smallest absolute Gasteiger partial charge is 0.406 e. The monoisotopic (exact) mass is 498 g/mol. The highest BCUT2D eigenvalue weighted by molar-refractivity contribution is 9.10. The summed E-state index contributed by atoms with van der Waals surface area (Å²) >= 11 is 3.63. The van der Waals surface area contributed by atoms with Crippen LogP contribution in [0.4, 0.5) is 4.79 Å². The van der Waals surface area contributed by atoms with Gasteiger partial charge in [0.2, 0.25) is 5.91 Å². The number of H-pyrrole nitrogens is 1. The molecule has 2 heterocycles. The number of imidazole rings is 1. The van der Waals surface area contributed by atoms with Crippen molar-refractivity contribution in [2.75, 3.05) is 20.2 Å². The number of alkyl carbamates (subject to hydrolysis) is 1. The van der Waals surface area contributed by atoms with Crippen molar-refractivity contribution >= 4 is 38.7 Å². The SMILES string of the molecule is COC(=O)NCC(C)CC(=O)N1CCCC1c1ncc(-c2ccc(Br)c3ccccc23)[nH]1. The van der Waals surface area contributed by atoms with Crippen LogP contribution in [-0.2, 0) is 9.53 Å². The van der Waals surface area contributed by atoms with Crippen LogP contribution in [-0.4, -0.2) is 47.1 Å². The molecule has 1 fully saturated rings. The highest BCUT2D eigenvalue weighted by atomic mass is 79.9. The van der Waals surface area contributed by atoms with Crippen LogP contribution in [0.5, 0.6) is 0 Å². The number of likely N-dealkylation sites (tertiary alicyclic amines) is 1. The maximum absolute atomic E-state index is 13.0. The number of nitrogens with zero attached hydrogens (tertiary/aromatic N) is 2. The summed E-state index contributed by atoms with van der Waals surface area (Å²) in [6.07, 6.45) is 3.57. The summed E-state index contributed by atoms with van der Waals surface area (Å²) < 4.78 is 5.65. The number of rotatable bonds is 6. The van der Waals surface area contributed by atoms with Gasteiger partial charge in [-0.3, -0.25) is 4.79 Å². The third-order valence-electron chi connectivity index (χ3n) is 5.95. The first-order valence-electron chi connectivity index (χ1n) is 10.8. The average Bonchev–Trinajstić information content (AvgIpc) is 3.47. The fourth-order valence-corrected chi connectivity index (χ4v) is 4.78. The zero-order chi connectivity index (χ0) is 22.7. The zero-order valence-corrected chi connectivity index (χ0v) is 19.8. The van der Waals surface area contributed by atoms with E-state index in [2.05, 4.69) is 54.2 Å². The second-order valence-corrected chi connectivity index (χ2v) is 9.10. The molecule has 2 atom stereocenters. The minimum Gasteiger partial charge on any atom is -0.453 e. The summed E-state index contributed by atoms with van der Waals surface area (Å²) in [5.41, 5.74) is 2.03. The van der Waals surface area contributed by atoms with E-state index in [4.69, 9.17) is 0 Å². The van der Waals surface area contributed by atoms with E-state index >= 15 is 0 Å². The van der Waals surface area contributed by atoms with Crippen molar-refractivity contribution in [1.29, 1.82) is 0 Å². The normalized spacial score (nSPS) is 16.8. The number of hydrogen-bond acceptors (Lipinski definition) is 4. The van der Waals surface area contributed by atoms with Gasteiger partial charge in [0, 0.05) is 29.5 Å². The van der Waals surface area contributed by atoms with Gasteiger partial charge in [0.1, 0.15) is 5.82 Å². The maximum Gasteiger partial charge on any atom is 0.406 e. The molecule has 0 radical (unpaired) electrons. The Morgan fingerprint density at radius 3 is 2.84 bits per heavy atom. The minimum atomic E-state index is -0.480. The molecule has 1 saturated heterocycles. The number of aromatic nitrogens is 2. The van der Waals surface area contributed by atoms with E-state index in [1.54, 1.807) is 0 Å². The molecule has 1 aliphatic rings. The van der Waals surface area contributed by atoms with Gasteiger partial charge in [-0.1, -0.05) is 53.2 Å². The van der Waals surface area contributed by atoms with Crippen LogP contribution in [0.1, 0.15) is 38.1 Å². The molecule has 4 rings (SSSR count). The number of halogens is 1. The second kappa shape index (κ2) is 9.73. The number of aromatic amines is 1. The molecule has 3 aromatic rings. The largest absolute Gasteiger partial charge is 0.453 e. The molecule has 0 spiro atoms. The molecular formula is C24H27BrN4O3. The molecule has 2 unspecified atom stereocenters. The number of carbonyl (C=O) groups excluding carboxylic acids is 2. The lowest BCUT2D eigenvalue weighted by molar-refractivity contribution is -0.133. The summed E-state index contributed by atoms with van der Waals surface area (Å²) in [7, 11) is 1.33. The Morgan fingerprint density at radius 2 is 2.06 bits per heavy atom. The van der Waals surface area contributed by atoms with Gasteiger partial charge in [-0.05, 0) is 35.6 Å². The Hall–Kier alpha value is -2.87. The lowest BCUT2D eigenvalue weighted by atomic mass is 10.0. The lowest BCUT2D eigenvalue weighted by Gasteiger charge is -2.25. The third-order valence-corrected chi connectivity index (χ3v) is 6.64. The van der Waals surface area contributed by atoms with Crippen molar-refractivity contribution in [3.05, 3.63) is 52.9 Å². The van der Waals surface area contributed by atoms with Gasteiger partial charge in [-0.15, -0.1) is 0 Å². The summed E-state index contributed by atoms with van der Waals surface area (Å²) in [5.74, 6) is 0.918. The molecule has 1 aromatic heterocycles.